The van der Waals surface area contributed by atoms with Gasteiger partial charge in [-0.15, -0.1) is 0 Å². The molecule has 1 aromatic rings. The number of unbranched alkanes of at least 4 members (excludes halogenated alkanes) is 8. The number of hydrogen-bond donors (Lipinski definition) is 1. The maximum atomic E-state index is 12.0. The van der Waals surface area contributed by atoms with E-state index in [4.69, 9.17) is 5.84 Å². The summed E-state index contributed by atoms with van der Waals surface area (Å²) in [5.41, 5.74) is 0.378. The SMILES string of the molecule is CCCCCCCCCCCC(=O)N(N)C(=O)c1ccncc1. The van der Waals surface area contributed by atoms with E-state index < -0.39 is 5.91 Å². The summed E-state index contributed by atoms with van der Waals surface area (Å²) in [5, 5.41) is 0.722. The van der Waals surface area contributed by atoms with Crippen LogP contribution in [-0.2, 0) is 4.79 Å². The summed E-state index contributed by atoms with van der Waals surface area (Å²) in [7, 11) is 0. The molecule has 2 N–H and O–H groups in total. The van der Waals surface area contributed by atoms with Crippen LogP contribution >= 0.6 is 0 Å². The highest BCUT2D eigenvalue weighted by atomic mass is 16.2. The van der Waals surface area contributed by atoms with Gasteiger partial charge in [-0.2, -0.15) is 0 Å². The standard InChI is InChI=1S/C18H29N3O2/c1-2-3-4-5-6-7-8-9-10-11-17(22)21(19)18(23)16-12-14-20-15-13-16/h12-15H,2-11,19H2,1H3. The number of rotatable bonds is 11. The average molecular weight is 319 g/mol. The Bertz CT molecular complexity index is 463. The quantitative estimate of drug-likeness (QED) is 0.291. The van der Waals surface area contributed by atoms with Crippen molar-refractivity contribution in [2.75, 3.05) is 0 Å². The molecule has 0 aliphatic carbocycles. The third-order valence-electron chi connectivity index (χ3n) is 3.91. The van der Waals surface area contributed by atoms with E-state index in [9.17, 15) is 9.59 Å². The van der Waals surface area contributed by atoms with Gasteiger partial charge in [-0.3, -0.25) is 14.6 Å². The van der Waals surface area contributed by atoms with Crippen molar-refractivity contribution in [1.82, 2.24) is 9.99 Å². The second-order valence-corrected chi connectivity index (χ2v) is 5.88. The van der Waals surface area contributed by atoms with Crippen LogP contribution in [0.5, 0.6) is 0 Å². The molecule has 2 amide bonds. The van der Waals surface area contributed by atoms with Gasteiger partial charge in [0.1, 0.15) is 0 Å². The van der Waals surface area contributed by atoms with Crippen molar-refractivity contribution in [2.24, 2.45) is 5.84 Å². The molecule has 0 atom stereocenters. The predicted octanol–water partition coefficient (Wildman–Crippen LogP) is 3.85. The second-order valence-electron chi connectivity index (χ2n) is 5.88. The topological polar surface area (TPSA) is 76.3 Å². The van der Waals surface area contributed by atoms with Crippen LogP contribution in [0.25, 0.3) is 0 Å². The normalized spacial score (nSPS) is 10.5. The minimum atomic E-state index is -0.478. The molecule has 0 saturated heterocycles. The van der Waals surface area contributed by atoms with E-state index in [2.05, 4.69) is 11.9 Å². The Kier molecular flexibility index (Phi) is 9.87. The first-order chi connectivity index (χ1) is 11.2. The summed E-state index contributed by atoms with van der Waals surface area (Å²) in [6, 6.07) is 3.10. The van der Waals surface area contributed by atoms with E-state index in [1.54, 1.807) is 12.1 Å². The zero-order valence-electron chi connectivity index (χ0n) is 14.2. The Labute approximate surface area is 139 Å². The molecule has 0 radical (unpaired) electrons. The number of nitrogens with two attached hydrogens (primary N) is 1. The minimum absolute atomic E-state index is 0.323. The number of nitrogens with zero attached hydrogens (tertiary/aromatic N) is 2. The van der Waals surface area contributed by atoms with Crippen molar-refractivity contribution >= 4 is 11.8 Å². The van der Waals surface area contributed by atoms with Crippen LogP contribution in [0.2, 0.25) is 0 Å². The molecule has 0 aliphatic rings. The van der Waals surface area contributed by atoms with E-state index >= 15 is 0 Å². The van der Waals surface area contributed by atoms with Gasteiger partial charge in [0.15, 0.2) is 0 Å². The summed E-state index contributed by atoms with van der Waals surface area (Å²) >= 11 is 0. The van der Waals surface area contributed by atoms with Crippen molar-refractivity contribution in [3.63, 3.8) is 0 Å². The molecule has 1 aromatic heterocycles. The molecule has 0 saturated carbocycles. The molecule has 128 valence electrons. The maximum Gasteiger partial charge on any atom is 0.274 e. The van der Waals surface area contributed by atoms with E-state index in [1.807, 2.05) is 0 Å². The third-order valence-corrected chi connectivity index (χ3v) is 3.91. The summed E-state index contributed by atoms with van der Waals surface area (Å²) in [6.45, 7) is 2.22. The van der Waals surface area contributed by atoms with Gasteiger partial charge in [-0.1, -0.05) is 58.3 Å². The Morgan fingerprint density at radius 1 is 0.957 bits per heavy atom. The highest BCUT2D eigenvalue weighted by Gasteiger charge is 2.18. The van der Waals surface area contributed by atoms with Gasteiger partial charge in [0, 0.05) is 24.4 Å². The molecule has 0 aliphatic heterocycles. The lowest BCUT2D eigenvalue weighted by atomic mass is 10.1. The largest absolute Gasteiger partial charge is 0.274 e. The monoisotopic (exact) mass is 319 g/mol. The minimum Gasteiger partial charge on any atom is -0.273 e. The van der Waals surface area contributed by atoms with Crippen LogP contribution in [-0.4, -0.2) is 21.8 Å². The van der Waals surface area contributed by atoms with Crippen LogP contribution in [0.4, 0.5) is 0 Å². The fourth-order valence-corrected chi connectivity index (χ4v) is 2.45. The first-order valence-electron chi connectivity index (χ1n) is 8.68. The number of hydrogen-bond acceptors (Lipinski definition) is 4. The fourth-order valence-electron chi connectivity index (χ4n) is 2.45. The van der Waals surface area contributed by atoms with Gasteiger partial charge in [-0.05, 0) is 18.6 Å². The molecule has 0 unspecified atom stereocenters. The Balaban J connectivity index is 2.13. The first kappa shape index (κ1) is 19.3. The molecule has 0 spiro atoms. The number of carbonyl (C=O) groups is 2. The molecule has 5 heteroatoms. The van der Waals surface area contributed by atoms with Gasteiger partial charge in [-0.25, -0.2) is 10.9 Å². The highest BCUT2D eigenvalue weighted by Crippen LogP contribution is 2.11. The number of pyridine rings is 1. The van der Waals surface area contributed by atoms with E-state index in [0.717, 1.165) is 24.3 Å². The lowest BCUT2D eigenvalue weighted by Crippen LogP contribution is -2.42. The number of carbonyl (C=O) groups excluding carboxylic acids is 2. The van der Waals surface area contributed by atoms with Crippen molar-refractivity contribution in [3.8, 4) is 0 Å². The molecule has 23 heavy (non-hydrogen) atoms. The average Bonchev–Trinajstić information content (AvgIpc) is 2.59. The van der Waals surface area contributed by atoms with E-state index in [1.165, 1.54) is 50.9 Å². The van der Waals surface area contributed by atoms with Crippen molar-refractivity contribution in [2.45, 2.75) is 71.1 Å². The van der Waals surface area contributed by atoms with Crippen LogP contribution in [0.15, 0.2) is 24.5 Å². The van der Waals surface area contributed by atoms with E-state index in [-0.39, 0.29) is 5.91 Å². The summed E-state index contributed by atoms with van der Waals surface area (Å²) in [5.74, 6) is 4.81. The smallest absolute Gasteiger partial charge is 0.273 e. The third kappa shape index (κ3) is 7.88. The summed E-state index contributed by atoms with van der Waals surface area (Å²) in [6.07, 6.45) is 14.0. The lowest BCUT2D eigenvalue weighted by molar-refractivity contribution is -0.129. The highest BCUT2D eigenvalue weighted by molar-refractivity contribution is 6.03. The number of aromatic nitrogens is 1. The number of amides is 2. The predicted molar refractivity (Wildman–Crippen MR) is 91.4 cm³/mol. The molecule has 1 rings (SSSR count). The molecule has 5 nitrogen and oxygen atoms in total. The van der Waals surface area contributed by atoms with Crippen LogP contribution < -0.4 is 5.84 Å². The van der Waals surface area contributed by atoms with Gasteiger partial charge >= 0.3 is 0 Å². The zero-order valence-corrected chi connectivity index (χ0v) is 14.2. The van der Waals surface area contributed by atoms with Crippen LogP contribution in [0, 0.1) is 0 Å². The second kappa shape index (κ2) is 11.8. The van der Waals surface area contributed by atoms with Crippen molar-refractivity contribution in [1.29, 1.82) is 0 Å². The van der Waals surface area contributed by atoms with Crippen LogP contribution in [0.3, 0.4) is 0 Å². The fraction of sp³-hybridized carbons (Fsp3) is 0.611. The van der Waals surface area contributed by atoms with Gasteiger partial charge in [0.05, 0.1) is 0 Å². The lowest BCUT2D eigenvalue weighted by Gasteiger charge is -2.14. The van der Waals surface area contributed by atoms with Gasteiger partial charge < -0.3 is 0 Å². The summed E-state index contributed by atoms with van der Waals surface area (Å²) < 4.78 is 0. The maximum absolute atomic E-state index is 12.0. The number of hydrazine groups is 1. The molecule has 0 aromatic carbocycles. The first-order valence-corrected chi connectivity index (χ1v) is 8.68. The van der Waals surface area contributed by atoms with Gasteiger partial charge in [0.2, 0.25) is 5.91 Å². The summed E-state index contributed by atoms with van der Waals surface area (Å²) in [4.78, 5) is 27.8. The van der Waals surface area contributed by atoms with Gasteiger partial charge in [0.25, 0.3) is 5.91 Å². The Morgan fingerprint density at radius 3 is 2.04 bits per heavy atom. The molecule has 1 heterocycles. The Morgan fingerprint density at radius 2 is 1.48 bits per heavy atom. The number of imide groups is 1. The van der Waals surface area contributed by atoms with Crippen molar-refractivity contribution < 1.29 is 9.59 Å². The zero-order chi connectivity index (χ0) is 16.9. The van der Waals surface area contributed by atoms with Crippen LogP contribution in [0.1, 0.15) is 81.5 Å². The molecular weight excluding hydrogens is 290 g/mol. The molecule has 0 fully saturated rings. The molecule has 0 bridgehead atoms. The van der Waals surface area contributed by atoms with E-state index in [0.29, 0.717) is 12.0 Å². The Hall–Kier alpha value is -1.75. The van der Waals surface area contributed by atoms with Crippen molar-refractivity contribution in [3.05, 3.63) is 30.1 Å². The molecular formula is C18H29N3O2.